The molecule has 0 aromatic carbocycles. The number of nitrogens with two attached hydrogens (primary N) is 1. The number of ether oxygens (including phenoxy) is 1. The highest BCUT2D eigenvalue weighted by molar-refractivity contribution is 4.77. The summed E-state index contributed by atoms with van der Waals surface area (Å²) in [6.07, 6.45) is 1.74. The monoisotopic (exact) mass is 151 g/mol. The molecule has 0 saturated heterocycles. The zero-order valence-corrected chi connectivity index (χ0v) is 5.59. The van der Waals surface area contributed by atoms with E-state index in [1.165, 1.54) is 0 Å². The Balaban J connectivity index is 2.18. The van der Waals surface area contributed by atoms with E-state index in [0.29, 0.717) is 12.8 Å². The molecule has 0 amide bonds. The van der Waals surface area contributed by atoms with Gasteiger partial charge in [0.15, 0.2) is 0 Å². The predicted octanol–water partition coefficient (Wildman–Crippen LogP) is 1.11. The van der Waals surface area contributed by atoms with Crippen molar-refractivity contribution in [1.29, 1.82) is 0 Å². The van der Waals surface area contributed by atoms with Crippen molar-refractivity contribution in [2.45, 2.75) is 38.0 Å². The van der Waals surface area contributed by atoms with Gasteiger partial charge in [0.05, 0.1) is 6.10 Å². The summed E-state index contributed by atoms with van der Waals surface area (Å²) < 4.78 is 27.4. The molecule has 0 aliphatic heterocycles. The molecular weight excluding hydrogens is 140 g/mol. The molecule has 2 nitrogen and oxygen atoms in total. The number of rotatable bonds is 2. The summed E-state index contributed by atoms with van der Waals surface area (Å²) >= 11 is 0. The predicted molar refractivity (Wildman–Crippen MR) is 32.7 cm³/mol. The highest BCUT2D eigenvalue weighted by Gasteiger charge is 2.24. The molecule has 0 spiro atoms. The van der Waals surface area contributed by atoms with E-state index in [0.717, 1.165) is 6.42 Å². The van der Waals surface area contributed by atoms with Crippen molar-refractivity contribution >= 4 is 0 Å². The molecule has 1 fully saturated rings. The van der Waals surface area contributed by atoms with Crippen LogP contribution < -0.4 is 5.73 Å². The van der Waals surface area contributed by atoms with E-state index < -0.39 is 6.61 Å². The van der Waals surface area contributed by atoms with Crippen molar-refractivity contribution in [3.8, 4) is 0 Å². The maximum absolute atomic E-state index is 11.6. The van der Waals surface area contributed by atoms with Crippen LogP contribution in [0, 0.1) is 0 Å². The average molecular weight is 151 g/mol. The molecule has 0 bridgehead atoms. The first kappa shape index (κ1) is 7.88. The second kappa shape index (κ2) is 3.25. The van der Waals surface area contributed by atoms with E-state index in [-0.39, 0.29) is 12.1 Å². The lowest BCUT2D eigenvalue weighted by Crippen LogP contribution is -2.18. The number of hydrogen-bond donors (Lipinski definition) is 1. The Morgan fingerprint density at radius 1 is 1.40 bits per heavy atom. The molecule has 1 rings (SSSR count). The van der Waals surface area contributed by atoms with Gasteiger partial charge in [0.25, 0.3) is 0 Å². The Morgan fingerprint density at radius 3 is 2.50 bits per heavy atom. The Bertz CT molecular complexity index is 110. The van der Waals surface area contributed by atoms with Gasteiger partial charge in [-0.3, -0.25) is 0 Å². The third-order valence-electron chi connectivity index (χ3n) is 1.72. The smallest absolute Gasteiger partial charge is 0.328 e. The lowest BCUT2D eigenvalue weighted by atomic mass is 10.3. The van der Waals surface area contributed by atoms with E-state index in [2.05, 4.69) is 4.74 Å². The highest BCUT2D eigenvalue weighted by Crippen LogP contribution is 2.21. The summed E-state index contributed by atoms with van der Waals surface area (Å²) in [6.45, 7) is -2.64. The molecule has 10 heavy (non-hydrogen) atoms. The molecule has 1 aliphatic rings. The Hall–Kier alpha value is -0.220. The van der Waals surface area contributed by atoms with Gasteiger partial charge in [-0.2, -0.15) is 8.78 Å². The van der Waals surface area contributed by atoms with E-state index in [9.17, 15) is 8.78 Å². The van der Waals surface area contributed by atoms with Gasteiger partial charge in [-0.1, -0.05) is 0 Å². The summed E-state index contributed by atoms with van der Waals surface area (Å²) in [5, 5.41) is 0. The van der Waals surface area contributed by atoms with Gasteiger partial charge < -0.3 is 10.5 Å². The molecule has 2 atom stereocenters. The number of alkyl halides is 2. The van der Waals surface area contributed by atoms with Crippen LogP contribution in [-0.2, 0) is 4.74 Å². The minimum atomic E-state index is -2.64. The van der Waals surface area contributed by atoms with Crippen molar-refractivity contribution in [2.24, 2.45) is 5.73 Å². The van der Waals surface area contributed by atoms with Crippen LogP contribution in [-0.4, -0.2) is 18.8 Å². The van der Waals surface area contributed by atoms with Crippen LogP contribution in [0.5, 0.6) is 0 Å². The second-order valence-corrected chi connectivity index (χ2v) is 2.59. The van der Waals surface area contributed by atoms with Gasteiger partial charge in [-0.15, -0.1) is 0 Å². The summed E-state index contributed by atoms with van der Waals surface area (Å²) in [7, 11) is 0. The van der Waals surface area contributed by atoms with Gasteiger partial charge in [-0.25, -0.2) is 0 Å². The normalized spacial score (nSPS) is 33.6. The summed E-state index contributed by atoms with van der Waals surface area (Å²) in [6, 6.07) is 0.0590. The first-order chi connectivity index (χ1) is 4.68. The minimum absolute atomic E-state index is 0.0590. The van der Waals surface area contributed by atoms with Crippen LogP contribution in [0.4, 0.5) is 8.78 Å². The molecule has 1 saturated carbocycles. The standard InChI is InChI=1S/C6H11F2NO/c7-6(8)10-5-2-1-4(9)3-5/h4-6H,1-3,9H2/t4-,5+/m1/s1. The fourth-order valence-electron chi connectivity index (χ4n) is 1.24. The largest absolute Gasteiger partial charge is 0.345 e. The van der Waals surface area contributed by atoms with Crippen LogP contribution in [0.25, 0.3) is 0 Å². The SMILES string of the molecule is N[C@@H]1CC[C@H](OC(F)F)C1. The van der Waals surface area contributed by atoms with Gasteiger partial charge in [0, 0.05) is 6.04 Å². The van der Waals surface area contributed by atoms with Crippen molar-refractivity contribution < 1.29 is 13.5 Å². The molecular formula is C6H11F2NO. The number of halogens is 2. The quantitative estimate of drug-likeness (QED) is 0.641. The van der Waals surface area contributed by atoms with Gasteiger partial charge in [0.2, 0.25) is 0 Å². The van der Waals surface area contributed by atoms with E-state index in [1.54, 1.807) is 0 Å². The highest BCUT2D eigenvalue weighted by atomic mass is 19.3. The Kier molecular flexibility index (Phi) is 2.56. The third kappa shape index (κ3) is 2.19. The van der Waals surface area contributed by atoms with E-state index >= 15 is 0 Å². The van der Waals surface area contributed by atoms with Crippen LogP contribution >= 0.6 is 0 Å². The van der Waals surface area contributed by atoms with Crippen molar-refractivity contribution in [1.82, 2.24) is 0 Å². The lowest BCUT2D eigenvalue weighted by Gasteiger charge is -2.08. The van der Waals surface area contributed by atoms with Gasteiger partial charge in [0.1, 0.15) is 0 Å². The van der Waals surface area contributed by atoms with Crippen LogP contribution in [0.2, 0.25) is 0 Å². The topological polar surface area (TPSA) is 35.2 Å². The maximum atomic E-state index is 11.6. The molecule has 0 radical (unpaired) electrons. The lowest BCUT2D eigenvalue weighted by molar-refractivity contribution is -0.160. The molecule has 60 valence electrons. The molecule has 1 aliphatic carbocycles. The molecule has 0 unspecified atom stereocenters. The maximum Gasteiger partial charge on any atom is 0.345 e. The summed E-state index contributed by atoms with van der Waals surface area (Å²) in [5.41, 5.74) is 5.48. The molecule has 0 aromatic rings. The fourth-order valence-corrected chi connectivity index (χ4v) is 1.24. The molecule has 4 heteroatoms. The molecule has 2 N–H and O–H groups in total. The number of hydrogen-bond acceptors (Lipinski definition) is 2. The fraction of sp³-hybridized carbons (Fsp3) is 1.00. The van der Waals surface area contributed by atoms with Crippen LogP contribution in [0.3, 0.4) is 0 Å². The first-order valence-corrected chi connectivity index (χ1v) is 3.37. The average Bonchev–Trinajstić information content (AvgIpc) is 2.13. The van der Waals surface area contributed by atoms with Crippen LogP contribution in [0.1, 0.15) is 19.3 Å². The van der Waals surface area contributed by atoms with Crippen molar-refractivity contribution in [3.63, 3.8) is 0 Å². The molecule has 0 heterocycles. The van der Waals surface area contributed by atoms with E-state index in [1.807, 2.05) is 0 Å². The van der Waals surface area contributed by atoms with Crippen LogP contribution in [0.15, 0.2) is 0 Å². The summed E-state index contributed by atoms with van der Waals surface area (Å²) in [4.78, 5) is 0. The van der Waals surface area contributed by atoms with Crippen molar-refractivity contribution in [3.05, 3.63) is 0 Å². The first-order valence-electron chi connectivity index (χ1n) is 3.37. The summed E-state index contributed by atoms with van der Waals surface area (Å²) in [5.74, 6) is 0. The Labute approximate surface area is 58.3 Å². The third-order valence-corrected chi connectivity index (χ3v) is 1.72. The zero-order valence-electron chi connectivity index (χ0n) is 5.59. The van der Waals surface area contributed by atoms with E-state index in [4.69, 9.17) is 5.73 Å². The molecule has 0 aromatic heterocycles. The van der Waals surface area contributed by atoms with Crippen molar-refractivity contribution in [2.75, 3.05) is 0 Å². The zero-order chi connectivity index (χ0) is 7.56. The Morgan fingerprint density at radius 2 is 2.10 bits per heavy atom. The second-order valence-electron chi connectivity index (χ2n) is 2.59. The van der Waals surface area contributed by atoms with Gasteiger partial charge in [-0.05, 0) is 19.3 Å². The minimum Gasteiger partial charge on any atom is -0.328 e. The van der Waals surface area contributed by atoms with Gasteiger partial charge >= 0.3 is 6.61 Å².